The maximum absolute atomic E-state index is 14.1. The smallest absolute Gasteiger partial charge is 0.303 e. The van der Waals surface area contributed by atoms with Gasteiger partial charge in [-0.05, 0) is 72.8 Å². The number of aromatic nitrogens is 1. The first-order valence-electron chi connectivity index (χ1n) is 15.7. The lowest BCUT2D eigenvalue weighted by atomic mass is 9.92. The molecule has 0 bridgehead atoms. The molecule has 3 fully saturated rings. The van der Waals surface area contributed by atoms with Crippen LogP contribution in [0.1, 0.15) is 65.5 Å². The van der Waals surface area contributed by atoms with Crippen molar-refractivity contribution in [2.45, 2.75) is 44.1 Å². The van der Waals surface area contributed by atoms with E-state index in [0.29, 0.717) is 49.6 Å². The minimum atomic E-state index is -0.769. The van der Waals surface area contributed by atoms with Crippen molar-refractivity contribution in [3.05, 3.63) is 83.6 Å². The fourth-order valence-corrected chi connectivity index (χ4v) is 6.56. The zero-order valence-electron chi connectivity index (χ0n) is 25.3. The third-order valence-electron chi connectivity index (χ3n) is 9.20. The number of carbonyl (C=O) groups excluding carboxylic acids is 1. The van der Waals surface area contributed by atoms with Crippen LogP contribution in [-0.4, -0.2) is 73.4 Å². The first-order valence-corrected chi connectivity index (χ1v) is 15.7. The van der Waals surface area contributed by atoms with Crippen molar-refractivity contribution < 1.29 is 28.9 Å². The quantitative estimate of drug-likeness (QED) is 0.306. The van der Waals surface area contributed by atoms with Crippen LogP contribution in [0.2, 0.25) is 0 Å². The predicted octanol–water partition coefficient (Wildman–Crippen LogP) is 5.57. The average molecular weight is 600 g/mol. The van der Waals surface area contributed by atoms with Crippen molar-refractivity contribution in [2.24, 2.45) is 11.8 Å². The van der Waals surface area contributed by atoms with Crippen LogP contribution < -0.4 is 14.4 Å². The number of morpholine rings is 1. The van der Waals surface area contributed by atoms with Gasteiger partial charge in [0.1, 0.15) is 5.75 Å². The van der Waals surface area contributed by atoms with Crippen molar-refractivity contribution in [1.82, 2.24) is 9.88 Å². The van der Waals surface area contributed by atoms with Gasteiger partial charge in [0.15, 0.2) is 0 Å². The predicted molar refractivity (Wildman–Crippen MR) is 166 cm³/mol. The number of pyridine rings is 1. The van der Waals surface area contributed by atoms with Crippen molar-refractivity contribution in [1.29, 1.82) is 0 Å². The number of benzene rings is 2. The molecule has 1 N–H and O–H groups in total. The molecular weight excluding hydrogens is 558 g/mol. The number of piperidine rings is 1. The number of carboxylic acid groups (broad SMARTS) is 1. The molecule has 2 saturated heterocycles. The van der Waals surface area contributed by atoms with Crippen molar-refractivity contribution in [3.8, 4) is 11.6 Å². The Morgan fingerprint density at radius 1 is 1.02 bits per heavy atom. The first-order chi connectivity index (χ1) is 21.5. The van der Waals surface area contributed by atoms with Gasteiger partial charge in [-0.25, -0.2) is 4.98 Å². The molecule has 2 unspecified atom stereocenters. The molecule has 2 atom stereocenters. The maximum atomic E-state index is 14.1. The van der Waals surface area contributed by atoms with Crippen LogP contribution in [0.3, 0.4) is 0 Å². The zero-order valence-corrected chi connectivity index (χ0v) is 25.3. The van der Waals surface area contributed by atoms with Gasteiger partial charge in [-0.1, -0.05) is 30.3 Å². The fraction of sp³-hybridized carbons (Fsp3) is 0.457. The Morgan fingerprint density at radius 2 is 1.82 bits per heavy atom. The van der Waals surface area contributed by atoms with E-state index < -0.39 is 5.97 Å². The molecule has 9 nitrogen and oxygen atoms in total. The molecule has 2 aromatic carbocycles. The monoisotopic (exact) mass is 599 g/mol. The molecule has 232 valence electrons. The minimum absolute atomic E-state index is 0.00335. The number of carboxylic acids is 1. The van der Waals surface area contributed by atoms with Gasteiger partial charge in [-0.2, -0.15) is 0 Å². The Labute approximate surface area is 258 Å². The number of ether oxygens (including phenoxy) is 3. The molecule has 2 aliphatic heterocycles. The summed E-state index contributed by atoms with van der Waals surface area (Å²) in [5.41, 5.74) is 3.64. The summed E-state index contributed by atoms with van der Waals surface area (Å²) in [5.74, 6) is 1.31. The van der Waals surface area contributed by atoms with Gasteiger partial charge < -0.3 is 29.1 Å². The Hall–Kier alpha value is -4.11. The molecule has 3 aliphatic rings. The Bertz CT molecular complexity index is 1440. The van der Waals surface area contributed by atoms with E-state index in [2.05, 4.69) is 22.0 Å². The van der Waals surface area contributed by atoms with E-state index in [4.69, 9.17) is 14.2 Å². The number of methoxy groups -OCH3 is 1. The molecule has 0 radical (unpaired) electrons. The molecule has 44 heavy (non-hydrogen) atoms. The van der Waals surface area contributed by atoms with Gasteiger partial charge in [0.25, 0.3) is 5.91 Å². The highest BCUT2D eigenvalue weighted by molar-refractivity contribution is 6.00. The molecule has 6 rings (SSSR count). The fourth-order valence-electron chi connectivity index (χ4n) is 6.56. The van der Waals surface area contributed by atoms with Crippen molar-refractivity contribution in [2.75, 3.05) is 51.5 Å². The third-order valence-corrected chi connectivity index (χ3v) is 9.20. The molecule has 1 aromatic heterocycles. The summed E-state index contributed by atoms with van der Waals surface area (Å²) >= 11 is 0. The second kappa shape index (κ2) is 13.7. The van der Waals surface area contributed by atoms with E-state index >= 15 is 0 Å². The van der Waals surface area contributed by atoms with E-state index in [-0.39, 0.29) is 24.3 Å². The van der Waals surface area contributed by atoms with Crippen LogP contribution >= 0.6 is 0 Å². The summed E-state index contributed by atoms with van der Waals surface area (Å²) in [7, 11) is 1.65. The molecule has 9 heteroatoms. The van der Waals surface area contributed by atoms with E-state index in [0.717, 1.165) is 61.3 Å². The van der Waals surface area contributed by atoms with Crippen LogP contribution in [0.15, 0.2) is 66.9 Å². The highest BCUT2D eigenvalue weighted by Gasteiger charge is 2.35. The minimum Gasteiger partial charge on any atom is -0.497 e. The van der Waals surface area contributed by atoms with Crippen molar-refractivity contribution >= 4 is 17.6 Å². The van der Waals surface area contributed by atoms with Crippen molar-refractivity contribution in [3.63, 3.8) is 0 Å². The summed E-state index contributed by atoms with van der Waals surface area (Å²) in [6.45, 7) is 3.67. The Balaban J connectivity index is 1.11. The highest BCUT2D eigenvalue weighted by atomic mass is 16.5. The molecule has 3 heterocycles. The van der Waals surface area contributed by atoms with Gasteiger partial charge in [-0.15, -0.1) is 0 Å². The molecule has 1 aliphatic carbocycles. The summed E-state index contributed by atoms with van der Waals surface area (Å²) in [6, 6.07) is 19.5. The summed E-state index contributed by atoms with van der Waals surface area (Å²) in [5, 5.41) is 9.39. The number of anilines is 1. The first kappa shape index (κ1) is 29.9. The molecule has 3 aromatic rings. The number of rotatable bonds is 11. The van der Waals surface area contributed by atoms with E-state index in [1.165, 1.54) is 0 Å². The molecular formula is C35H41N3O6. The standard InChI is InChI=1S/C35H41N3O6/c1-42-28-9-10-29(35(41)38-17-18-43-23-32(38)26-5-3-2-4-6-26)31(20-28)37-15-12-24(13-16-37)22-44-33-19-27(11-14-36-33)30(21-34(39)40)25-7-8-25/h2-6,9-11,14,19-20,24-25,30,32H,7-8,12-13,15-18,21-23H2,1H3,(H,39,40). The van der Waals surface area contributed by atoms with Gasteiger partial charge in [0.2, 0.25) is 5.88 Å². The Kier molecular flexibility index (Phi) is 9.31. The van der Waals surface area contributed by atoms with E-state index in [1.807, 2.05) is 53.4 Å². The van der Waals surface area contributed by atoms with Gasteiger partial charge in [0.05, 0.1) is 50.6 Å². The maximum Gasteiger partial charge on any atom is 0.303 e. The van der Waals surface area contributed by atoms with Crippen LogP contribution in [0.5, 0.6) is 11.6 Å². The Morgan fingerprint density at radius 3 is 2.55 bits per heavy atom. The van der Waals surface area contributed by atoms with Crippen LogP contribution in [0.4, 0.5) is 5.69 Å². The van der Waals surface area contributed by atoms with E-state index in [1.54, 1.807) is 13.3 Å². The second-order valence-corrected chi connectivity index (χ2v) is 12.1. The van der Waals surface area contributed by atoms with Crippen LogP contribution in [0.25, 0.3) is 0 Å². The number of carbonyl (C=O) groups is 2. The van der Waals surface area contributed by atoms with Gasteiger partial charge in [-0.3, -0.25) is 9.59 Å². The number of hydrogen-bond acceptors (Lipinski definition) is 7. The lowest BCUT2D eigenvalue weighted by molar-refractivity contribution is -0.137. The third kappa shape index (κ3) is 6.99. The van der Waals surface area contributed by atoms with Gasteiger partial charge >= 0.3 is 5.97 Å². The van der Waals surface area contributed by atoms with Crippen LogP contribution in [-0.2, 0) is 9.53 Å². The van der Waals surface area contributed by atoms with E-state index in [9.17, 15) is 14.7 Å². The normalized spacial score (nSPS) is 19.8. The number of amides is 1. The summed E-state index contributed by atoms with van der Waals surface area (Å²) < 4.78 is 17.5. The largest absolute Gasteiger partial charge is 0.497 e. The highest BCUT2D eigenvalue weighted by Crippen LogP contribution is 2.45. The average Bonchev–Trinajstić information content (AvgIpc) is 3.92. The SMILES string of the molecule is COc1ccc(C(=O)N2CCOCC2c2ccccc2)c(N2CCC(COc3cc(C(CC(=O)O)C4CC4)ccn3)CC2)c1. The number of aliphatic carboxylic acids is 1. The number of nitrogens with zero attached hydrogens (tertiary/aromatic N) is 3. The van der Waals surface area contributed by atoms with Crippen LogP contribution in [0, 0.1) is 11.8 Å². The summed E-state index contributed by atoms with van der Waals surface area (Å²) in [6.07, 6.45) is 5.85. The lowest BCUT2D eigenvalue weighted by Crippen LogP contribution is -2.44. The molecule has 1 saturated carbocycles. The topological polar surface area (TPSA) is 101 Å². The molecule has 0 spiro atoms. The summed E-state index contributed by atoms with van der Waals surface area (Å²) in [4.78, 5) is 34.2. The lowest BCUT2D eigenvalue weighted by Gasteiger charge is -2.38. The zero-order chi connectivity index (χ0) is 30.5. The second-order valence-electron chi connectivity index (χ2n) is 12.1. The molecule has 1 amide bonds. The number of hydrogen-bond donors (Lipinski definition) is 1. The van der Waals surface area contributed by atoms with Gasteiger partial charge in [0, 0.05) is 38.0 Å².